The first-order valence-electron chi connectivity index (χ1n) is 0.667. The average Bonchev–Trinajstić information content (AvgIpc) is 0.722. The Morgan fingerprint density at radius 2 is 1.14 bits per heavy atom. The zero-order valence-electron chi connectivity index (χ0n) is 3.45. The largest absolute Gasteiger partial charge is 1.00 e. The van der Waals surface area contributed by atoms with Crippen LogP contribution >= 0.6 is 0 Å². The summed E-state index contributed by atoms with van der Waals surface area (Å²) >= 11 is 0. The Hall–Kier alpha value is 0.518. The zero-order chi connectivity index (χ0) is 4.50. The number of rotatable bonds is 0. The Balaban J connectivity index is -0.0000000800. The second kappa shape index (κ2) is 4.67. The Labute approximate surface area is 55.5 Å². The molecule has 0 unspecified atom stereocenters. The van der Waals surface area contributed by atoms with E-state index in [4.69, 9.17) is 17.5 Å². The minimum atomic E-state index is -5.17. The van der Waals surface area contributed by atoms with Gasteiger partial charge in [0.25, 0.3) is 0 Å². The van der Waals surface area contributed by atoms with Crippen LogP contribution in [0, 0.1) is 0 Å². The Bertz CT molecular complexity index is 94.9. The molecule has 0 amide bonds. The molecule has 0 aliphatic rings. The molecule has 0 saturated carbocycles. The standard InChI is InChI=1S/Mo.H3N.H2O4S/c;;1-5(2,3)4/h;1H3;(H2,1,2,3,4)/q+1;;/p-1. The van der Waals surface area contributed by atoms with E-state index in [2.05, 4.69) is 0 Å². The maximum atomic E-state index is 8.52. The van der Waals surface area contributed by atoms with Gasteiger partial charge in [-0.15, -0.1) is 0 Å². The van der Waals surface area contributed by atoms with E-state index in [1.54, 1.807) is 0 Å². The van der Waals surface area contributed by atoms with Crippen LogP contribution < -0.4 is 6.15 Å². The summed E-state index contributed by atoms with van der Waals surface area (Å²) in [6, 6.07) is 0. The van der Waals surface area contributed by atoms with E-state index in [9.17, 15) is 0 Å². The topological polar surface area (TPSA) is 117 Å². The Kier molecular flexibility index (Phi) is 10.4. The van der Waals surface area contributed by atoms with Crippen LogP contribution in [0.5, 0.6) is 0 Å². The van der Waals surface area contributed by atoms with E-state index in [1.165, 1.54) is 0 Å². The Morgan fingerprint density at radius 3 is 1.14 bits per heavy atom. The van der Waals surface area contributed by atoms with E-state index in [1.807, 2.05) is 0 Å². The number of quaternary nitrogens is 1. The first kappa shape index (κ1) is 15.6. The van der Waals surface area contributed by atoms with Crippen molar-refractivity contribution in [1.82, 2.24) is 6.15 Å². The van der Waals surface area contributed by atoms with Crippen LogP contribution in [0.25, 0.3) is 0 Å². The van der Waals surface area contributed by atoms with Gasteiger partial charge in [-0.25, -0.2) is 0 Å². The summed E-state index contributed by atoms with van der Waals surface area (Å²) in [7, 11) is -5.17. The van der Waals surface area contributed by atoms with E-state index < -0.39 is 10.4 Å². The van der Waals surface area contributed by atoms with Crippen molar-refractivity contribution in [2.45, 2.75) is 0 Å². The average molecular weight is 210 g/mol. The van der Waals surface area contributed by atoms with Gasteiger partial charge in [-0.2, -0.15) is 0 Å². The van der Waals surface area contributed by atoms with Gasteiger partial charge < -0.3 is 15.3 Å². The molecule has 7 heteroatoms. The molecule has 45 valence electrons. The monoisotopic (exact) mass is 212 g/mol. The molecule has 0 aliphatic carbocycles. The third kappa shape index (κ3) is 495. The van der Waals surface area contributed by atoms with Crippen LogP contribution in [-0.2, 0) is 31.5 Å². The molecule has 0 heterocycles. The first-order valence-corrected chi connectivity index (χ1v) is 2.00. The van der Waals surface area contributed by atoms with Crippen molar-refractivity contribution in [1.29, 1.82) is 0 Å². The summed E-state index contributed by atoms with van der Waals surface area (Å²) in [6.07, 6.45) is 0. The molecule has 0 rings (SSSR count). The van der Waals surface area contributed by atoms with E-state index in [0.717, 1.165) is 0 Å². The minimum absolute atomic E-state index is 0. The fourth-order valence-corrected chi connectivity index (χ4v) is 0. The summed E-state index contributed by atoms with van der Waals surface area (Å²) in [5, 5.41) is 0. The van der Waals surface area contributed by atoms with Crippen LogP contribution in [0.2, 0.25) is 0 Å². The van der Waals surface area contributed by atoms with Gasteiger partial charge in [-0.05, 0) is 0 Å². The van der Waals surface area contributed by atoms with Crippen molar-refractivity contribution in [3.05, 3.63) is 0 Å². The van der Waals surface area contributed by atoms with Crippen LogP contribution in [0.4, 0.5) is 0 Å². The fraction of sp³-hybridized carbons (Fsp3) is 0. The molecule has 0 atom stereocenters. The number of hydrogen-bond acceptors (Lipinski definition) is 4. The molecule has 7 heavy (non-hydrogen) atoms. The summed E-state index contributed by atoms with van der Waals surface area (Å²) in [6.45, 7) is 0. The Morgan fingerprint density at radius 1 is 1.14 bits per heavy atom. The first-order chi connectivity index (χ1) is 2.00. The van der Waals surface area contributed by atoms with Gasteiger partial charge in [-0.3, -0.25) is 8.42 Å². The minimum Gasteiger partial charge on any atom is -0.759 e. The second-order valence-electron chi connectivity index (χ2n) is 0.408. The molecule has 0 spiro atoms. The molecule has 0 aromatic rings. The molecule has 4 N–H and O–H groups in total. The van der Waals surface area contributed by atoms with Crippen molar-refractivity contribution >= 4 is 10.4 Å². The van der Waals surface area contributed by atoms with Crippen LogP contribution in [-0.4, -0.2) is 17.5 Å². The smallest absolute Gasteiger partial charge is 0.759 e. The fourth-order valence-electron chi connectivity index (χ4n) is 0. The molecule has 0 aliphatic heterocycles. The molecule has 5 nitrogen and oxygen atoms in total. The van der Waals surface area contributed by atoms with Gasteiger partial charge in [0.1, 0.15) is 0 Å². The van der Waals surface area contributed by atoms with E-state index >= 15 is 0 Å². The van der Waals surface area contributed by atoms with Crippen molar-refractivity contribution in [3.8, 4) is 0 Å². The molecule has 0 fully saturated rings. The summed E-state index contributed by atoms with van der Waals surface area (Å²) < 4.78 is 34.1. The van der Waals surface area contributed by atoms with Gasteiger partial charge in [0.15, 0.2) is 0 Å². The van der Waals surface area contributed by atoms with Gasteiger partial charge >= 0.3 is 21.1 Å². The summed E-state index contributed by atoms with van der Waals surface area (Å²) in [5.74, 6) is 0. The normalized spacial score (nSPS) is 8.29. The molecule has 0 aromatic heterocycles. The van der Waals surface area contributed by atoms with Gasteiger partial charge in [-0.1, -0.05) is 0 Å². The zero-order valence-corrected chi connectivity index (χ0v) is 6.27. The third-order valence-corrected chi connectivity index (χ3v) is 0. The van der Waals surface area contributed by atoms with Gasteiger partial charge in [0.05, 0.1) is 0 Å². The van der Waals surface area contributed by atoms with Crippen molar-refractivity contribution in [2.75, 3.05) is 0 Å². The van der Waals surface area contributed by atoms with E-state index in [0.29, 0.717) is 0 Å². The molecular weight excluding hydrogens is 206 g/mol. The molecular formula is H4MoNO4S. The SMILES string of the molecule is O=S(=O)([O-])[O-].[Mo+].[NH4+]. The molecule has 1 radical (unpaired) electrons. The van der Waals surface area contributed by atoms with Crippen LogP contribution in [0.3, 0.4) is 0 Å². The molecule has 0 saturated heterocycles. The second-order valence-corrected chi connectivity index (χ2v) is 1.22. The molecule has 0 aromatic carbocycles. The number of hydrogen-bond donors (Lipinski definition) is 1. The maximum absolute atomic E-state index is 8.52. The van der Waals surface area contributed by atoms with Crippen molar-refractivity contribution in [3.63, 3.8) is 0 Å². The van der Waals surface area contributed by atoms with Crippen molar-refractivity contribution < 1.29 is 38.6 Å². The van der Waals surface area contributed by atoms with E-state index in [-0.39, 0.29) is 27.2 Å². The summed E-state index contributed by atoms with van der Waals surface area (Å²) in [4.78, 5) is 0. The predicted octanol–water partition coefficient (Wildman–Crippen LogP) is -0.964. The predicted molar refractivity (Wildman–Crippen MR) is 16.5 cm³/mol. The van der Waals surface area contributed by atoms with Gasteiger partial charge in [0.2, 0.25) is 0 Å². The summed E-state index contributed by atoms with van der Waals surface area (Å²) in [5.41, 5.74) is 0. The molecule has 0 bridgehead atoms. The van der Waals surface area contributed by atoms with Crippen molar-refractivity contribution in [2.24, 2.45) is 0 Å². The third-order valence-electron chi connectivity index (χ3n) is 0. The van der Waals surface area contributed by atoms with Crippen LogP contribution in [0.1, 0.15) is 0 Å². The van der Waals surface area contributed by atoms with Crippen LogP contribution in [0.15, 0.2) is 0 Å². The quantitative estimate of drug-likeness (QED) is 0.314. The van der Waals surface area contributed by atoms with Gasteiger partial charge in [0, 0.05) is 10.4 Å². The maximum Gasteiger partial charge on any atom is 1.00 e.